The second kappa shape index (κ2) is 5.02. The van der Waals surface area contributed by atoms with Crippen molar-refractivity contribution in [3.05, 3.63) is 47.1 Å². The van der Waals surface area contributed by atoms with Crippen molar-refractivity contribution in [3.63, 3.8) is 0 Å². The van der Waals surface area contributed by atoms with Crippen molar-refractivity contribution in [3.8, 4) is 0 Å². The molecule has 20 heavy (non-hydrogen) atoms. The average Bonchev–Trinajstić information content (AvgIpc) is 2.84. The van der Waals surface area contributed by atoms with Crippen molar-refractivity contribution in [1.82, 2.24) is 15.5 Å². The number of hydrogen-bond donors (Lipinski definition) is 1. The molecule has 1 unspecified atom stereocenters. The van der Waals surface area contributed by atoms with E-state index in [2.05, 4.69) is 53.6 Å². The van der Waals surface area contributed by atoms with E-state index in [0.29, 0.717) is 24.3 Å². The molecule has 1 atom stereocenters. The van der Waals surface area contributed by atoms with Crippen molar-refractivity contribution >= 4 is 0 Å². The molecule has 1 aromatic heterocycles. The maximum absolute atomic E-state index is 5.16. The van der Waals surface area contributed by atoms with Gasteiger partial charge in [0.2, 0.25) is 5.89 Å². The van der Waals surface area contributed by atoms with Gasteiger partial charge in [-0.1, -0.05) is 43.3 Å². The molecule has 0 bridgehead atoms. The number of nitrogens with one attached hydrogen (secondary N) is 1. The Morgan fingerprint density at radius 1 is 1.35 bits per heavy atom. The van der Waals surface area contributed by atoms with Crippen molar-refractivity contribution in [2.45, 2.75) is 51.6 Å². The number of fused-ring (bicyclic) bond motifs is 1. The Labute approximate surface area is 119 Å². The molecule has 0 radical (unpaired) electrons. The molecule has 1 aliphatic carbocycles. The van der Waals surface area contributed by atoms with Crippen LogP contribution in [0.1, 0.15) is 55.6 Å². The third-order valence-electron chi connectivity index (χ3n) is 4.19. The summed E-state index contributed by atoms with van der Waals surface area (Å²) in [6.07, 6.45) is 2.32. The third-order valence-corrected chi connectivity index (χ3v) is 4.19. The first kappa shape index (κ1) is 13.3. The molecule has 0 aliphatic heterocycles. The monoisotopic (exact) mass is 271 g/mol. The second-order valence-corrected chi connectivity index (χ2v) is 6.18. The largest absolute Gasteiger partial charge is 0.338 e. The Kier molecular flexibility index (Phi) is 3.34. The number of nitrogens with zero attached hydrogens (tertiary/aromatic N) is 2. The summed E-state index contributed by atoms with van der Waals surface area (Å²) in [5.74, 6) is 1.34. The predicted molar refractivity (Wildman–Crippen MR) is 77.3 cm³/mol. The van der Waals surface area contributed by atoms with E-state index in [0.717, 1.165) is 6.42 Å². The number of aryl methyl sites for hydroxylation is 1. The Morgan fingerprint density at radius 2 is 2.15 bits per heavy atom. The van der Waals surface area contributed by atoms with Crippen LogP contribution in [0.5, 0.6) is 0 Å². The van der Waals surface area contributed by atoms with Crippen LogP contribution in [0.4, 0.5) is 0 Å². The van der Waals surface area contributed by atoms with Crippen molar-refractivity contribution in [2.75, 3.05) is 0 Å². The van der Waals surface area contributed by atoms with Crippen LogP contribution in [0.2, 0.25) is 0 Å². The molecule has 1 heterocycles. The van der Waals surface area contributed by atoms with Gasteiger partial charge in [-0.05, 0) is 36.3 Å². The molecule has 0 amide bonds. The minimum atomic E-state index is 0.260. The van der Waals surface area contributed by atoms with Crippen LogP contribution in [0.3, 0.4) is 0 Å². The van der Waals surface area contributed by atoms with Crippen LogP contribution in [-0.4, -0.2) is 10.1 Å². The third kappa shape index (κ3) is 2.48. The molecule has 106 valence electrons. The lowest BCUT2D eigenvalue weighted by atomic mass is 9.71. The van der Waals surface area contributed by atoms with Gasteiger partial charge in [0.15, 0.2) is 5.82 Å². The number of benzene rings is 1. The molecule has 1 aliphatic rings. The van der Waals surface area contributed by atoms with Crippen LogP contribution in [0.25, 0.3) is 0 Å². The first-order valence-corrected chi connectivity index (χ1v) is 7.18. The molecular formula is C16H21N3O. The van der Waals surface area contributed by atoms with Gasteiger partial charge in [-0.2, -0.15) is 4.98 Å². The van der Waals surface area contributed by atoms with E-state index < -0.39 is 0 Å². The summed E-state index contributed by atoms with van der Waals surface area (Å²) in [4.78, 5) is 4.24. The molecule has 1 aromatic carbocycles. The molecular weight excluding hydrogens is 250 g/mol. The molecule has 3 rings (SSSR count). The van der Waals surface area contributed by atoms with Crippen LogP contribution in [0, 0.1) is 6.92 Å². The molecule has 4 heteroatoms. The average molecular weight is 271 g/mol. The van der Waals surface area contributed by atoms with Crippen LogP contribution >= 0.6 is 0 Å². The highest BCUT2D eigenvalue weighted by Gasteiger charge is 2.32. The van der Waals surface area contributed by atoms with Crippen LogP contribution in [-0.2, 0) is 12.0 Å². The molecule has 0 spiro atoms. The Morgan fingerprint density at radius 3 is 2.90 bits per heavy atom. The topological polar surface area (TPSA) is 51.0 Å². The van der Waals surface area contributed by atoms with E-state index in [-0.39, 0.29) is 5.41 Å². The van der Waals surface area contributed by atoms with Crippen LogP contribution in [0.15, 0.2) is 28.8 Å². The van der Waals surface area contributed by atoms with Gasteiger partial charge in [0.1, 0.15) is 0 Å². The van der Waals surface area contributed by atoms with Gasteiger partial charge in [-0.25, -0.2) is 0 Å². The SMILES string of the molecule is Cc1noc(CNC2CCC(C)(C)c3ccccc32)n1. The summed E-state index contributed by atoms with van der Waals surface area (Å²) >= 11 is 0. The lowest BCUT2D eigenvalue weighted by Gasteiger charge is -2.37. The van der Waals surface area contributed by atoms with Gasteiger partial charge in [0.25, 0.3) is 0 Å². The summed E-state index contributed by atoms with van der Waals surface area (Å²) in [5.41, 5.74) is 3.11. The highest BCUT2D eigenvalue weighted by molar-refractivity contribution is 5.38. The Hall–Kier alpha value is -1.68. The Bertz CT molecular complexity index is 603. The molecule has 1 N–H and O–H groups in total. The van der Waals surface area contributed by atoms with Crippen molar-refractivity contribution < 1.29 is 4.52 Å². The van der Waals surface area contributed by atoms with Crippen molar-refractivity contribution in [1.29, 1.82) is 0 Å². The molecule has 0 fully saturated rings. The van der Waals surface area contributed by atoms with Gasteiger partial charge in [0.05, 0.1) is 6.54 Å². The smallest absolute Gasteiger partial charge is 0.240 e. The van der Waals surface area contributed by atoms with E-state index in [4.69, 9.17) is 4.52 Å². The molecule has 0 saturated carbocycles. The fraction of sp³-hybridized carbons (Fsp3) is 0.500. The molecule has 0 saturated heterocycles. The van der Waals surface area contributed by atoms with E-state index in [1.165, 1.54) is 17.5 Å². The summed E-state index contributed by atoms with van der Waals surface area (Å²) in [6.45, 7) is 7.11. The fourth-order valence-electron chi connectivity index (χ4n) is 3.05. The highest BCUT2D eigenvalue weighted by atomic mass is 16.5. The zero-order chi connectivity index (χ0) is 14.2. The van der Waals surface area contributed by atoms with Gasteiger partial charge in [-0.3, -0.25) is 0 Å². The van der Waals surface area contributed by atoms with Gasteiger partial charge < -0.3 is 9.84 Å². The molecule has 4 nitrogen and oxygen atoms in total. The first-order chi connectivity index (χ1) is 9.56. The van der Waals surface area contributed by atoms with E-state index in [9.17, 15) is 0 Å². The number of hydrogen-bond acceptors (Lipinski definition) is 4. The quantitative estimate of drug-likeness (QED) is 0.930. The summed E-state index contributed by atoms with van der Waals surface area (Å²) in [7, 11) is 0. The van der Waals surface area contributed by atoms with Crippen molar-refractivity contribution in [2.24, 2.45) is 0 Å². The number of rotatable bonds is 3. The minimum absolute atomic E-state index is 0.260. The number of aromatic nitrogens is 2. The standard InChI is InChI=1S/C16H21N3O/c1-11-18-15(20-19-11)10-17-14-8-9-16(2,3)13-7-5-4-6-12(13)14/h4-7,14,17H,8-10H2,1-3H3. The summed E-state index contributed by atoms with van der Waals surface area (Å²) in [6, 6.07) is 9.09. The van der Waals surface area contributed by atoms with E-state index in [1.807, 2.05) is 6.92 Å². The molecule has 2 aromatic rings. The van der Waals surface area contributed by atoms with Gasteiger partial charge in [0, 0.05) is 6.04 Å². The van der Waals surface area contributed by atoms with E-state index in [1.54, 1.807) is 0 Å². The summed E-state index contributed by atoms with van der Waals surface area (Å²) in [5, 5.41) is 7.37. The van der Waals surface area contributed by atoms with Crippen LogP contribution < -0.4 is 5.32 Å². The first-order valence-electron chi connectivity index (χ1n) is 7.18. The zero-order valence-corrected chi connectivity index (χ0v) is 12.3. The highest BCUT2D eigenvalue weighted by Crippen LogP contribution is 2.41. The maximum Gasteiger partial charge on any atom is 0.240 e. The summed E-state index contributed by atoms with van der Waals surface area (Å²) < 4.78 is 5.16. The fourth-order valence-corrected chi connectivity index (χ4v) is 3.05. The maximum atomic E-state index is 5.16. The van der Waals surface area contributed by atoms with E-state index >= 15 is 0 Å². The Balaban J connectivity index is 1.78. The second-order valence-electron chi connectivity index (χ2n) is 6.18. The lowest BCUT2D eigenvalue weighted by molar-refractivity contribution is 0.325. The minimum Gasteiger partial charge on any atom is -0.338 e. The van der Waals surface area contributed by atoms with Gasteiger partial charge in [-0.15, -0.1) is 0 Å². The zero-order valence-electron chi connectivity index (χ0n) is 12.3. The van der Waals surface area contributed by atoms with Gasteiger partial charge >= 0.3 is 0 Å². The normalized spacial score (nSPS) is 20.6. The predicted octanol–water partition coefficient (Wildman–Crippen LogP) is 3.28. The lowest BCUT2D eigenvalue weighted by Crippen LogP contribution is -2.32.